The second-order valence-electron chi connectivity index (χ2n) is 32.3. The summed E-state index contributed by atoms with van der Waals surface area (Å²) >= 11 is 5.67. The Hall–Kier alpha value is -13.9. The van der Waals surface area contributed by atoms with Gasteiger partial charge in [-0.05, 0) is 148 Å². The summed E-state index contributed by atoms with van der Waals surface area (Å²) in [6.07, 6.45) is -2.76. The van der Waals surface area contributed by atoms with E-state index in [0.717, 1.165) is 45.2 Å². The number of aromatic carboxylic acids is 1. The van der Waals surface area contributed by atoms with Crippen LogP contribution in [-0.4, -0.2) is 315 Å². The molecule has 0 unspecified atom stereocenters. The van der Waals surface area contributed by atoms with E-state index in [1.165, 1.54) is 77.7 Å². The Kier molecular flexibility index (Phi) is 40.1. The topological polar surface area (TPSA) is 672 Å². The largest absolute Gasteiger partial charge is 0.508 e. The molecule has 5 aromatic carbocycles. The van der Waals surface area contributed by atoms with Crippen LogP contribution in [-0.2, 0) is 86.4 Å². The van der Waals surface area contributed by atoms with Crippen LogP contribution in [0.15, 0.2) is 149 Å². The number of aliphatic hydroxyl groups excluding tert-OH is 2. The molecule has 3 aliphatic rings. The standard InChI is InChI=1S/C90H108N16O27S3/c1-48(107)78-87(128)101-69(86(127)103-79(49(2)108)89(131)132)47-136-135-46-68(85(126)98-66(35-51-18-21-54(109)22-19-51)82(123)99-67(36-52-40-93-62-15-7-6-14-57(52)62)84(125)96-64(81(122)102-78)16-8-10-28-91)100-83(124)65(34-50-12-4-3-5-13-50)97-80(121)63(95-72(112)41-105(43-74(115)116)32-30-104(42-73(113)114)31-33-106(44-75(117)118)45-76(119)120)17-9-11-29-92-90(134)94-53-20-25-58(61(37-53)88(129)130)77-59-26-23-55(110)38-70(59)133-71-39-56(111)24-27-60(71)77/h3-7,12-15,18-27,37-40,48-49,63-69,78-79,93,107-110H,8-11,16-17,28-36,41-47,91H2,1-2H3,(H,95,112)(H,96,125)(H,97,121)(H,98,126)(H,99,123)(H,100,124)(H,101,128)(H,102,122)(H,103,127)(H,113,114)(H,115,116)(H,117,118)(H,119,120)(H,129,130)(H,131,132)(H2,92,94,134)/t48-,49-,63+,64+,65-,66+,67-,68+,69+,78+,79+/m1/s1. The Labute approximate surface area is 790 Å². The molecular formula is C90H108N16O27S3. The summed E-state index contributed by atoms with van der Waals surface area (Å²) < 4.78 is 5.97. The third kappa shape index (κ3) is 32.5. The number of amides is 9. The number of hydrogen-bond acceptors (Lipinski definition) is 28. The molecule has 6 aromatic rings. The Bertz CT molecular complexity index is 5640. The van der Waals surface area contributed by atoms with Gasteiger partial charge in [0.2, 0.25) is 53.2 Å². The highest BCUT2D eigenvalue weighted by Gasteiger charge is 2.39. The molecule has 9 amide bonds. The van der Waals surface area contributed by atoms with Crippen molar-refractivity contribution in [3.05, 3.63) is 172 Å². The smallest absolute Gasteiger partial charge is 0.336 e. The maximum atomic E-state index is 15.7. The van der Waals surface area contributed by atoms with E-state index in [1.807, 2.05) is 0 Å². The minimum atomic E-state index is -1.98. The third-order valence-electron chi connectivity index (χ3n) is 21.7. The van der Waals surface area contributed by atoms with Crippen LogP contribution in [0.25, 0.3) is 44.3 Å². The van der Waals surface area contributed by atoms with E-state index >= 15 is 24.0 Å². The van der Waals surface area contributed by atoms with Gasteiger partial charge in [-0.2, -0.15) is 0 Å². The number of nitrogens with one attached hydrogen (secondary N) is 12. The van der Waals surface area contributed by atoms with E-state index in [4.69, 9.17) is 22.4 Å². The summed E-state index contributed by atoms with van der Waals surface area (Å²) in [6, 6.07) is 17.2. The molecule has 0 bridgehead atoms. The van der Waals surface area contributed by atoms with Crippen LogP contribution in [0.3, 0.4) is 0 Å². The second kappa shape index (κ2) is 51.6. The number of para-hydroxylation sites is 1. The minimum Gasteiger partial charge on any atom is -0.508 e. The molecule has 11 atom stereocenters. The van der Waals surface area contributed by atoms with Gasteiger partial charge in [-0.1, -0.05) is 88.3 Å². The molecule has 1 aromatic heterocycles. The molecule has 1 saturated heterocycles. The van der Waals surface area contributed by atoms with Crippen LogP contribution in [0.4, 0.5) is 5.69 Å². The number of carboxylic acids is 6. The molecular weight excluding hydrogens is 1830 g/mol. The summed E-state index contributed by atoms with van der Waals surface area (Å²) in [6.45, 7) is -2.76. The summed E-state index contributed by atoms with van der Waals surface area (Å²) in [5, 5.41) is 132. The average molecular weight is 1940 g/mol. The molecule has 136 heavy (non-hydrogen) atoms. The Morgan fingerprint density at radius 2 is 1.16 bits per heavy atom. The fourth-order valence-corrected chi connectivity index (χ4v) is 17.5. The van der Waals surface area contributed by atoms with Gasteiger partial charge in [0.1, 0.15) is 71.2 Å². The van der Waals surface area contributed by atoms with Crippen LogP contribution >= 0.6 is 33.8 Å². The maximum absolute atomic E-state index is 15.7. The first-order valence-electron chi connectivity index (χ1n) is 43.1. The predicted octanol–water partition coefficient (Wildman–Crippen LogP) is 0.318. The number of nitrogens with zero attached hydrogens (tertiary/aromatic N) is 3. The first kappa shape index (κ1) is 106. The summed E-state index contributed by atoms with van der Waals surface area (Å²) in [4.78, 5) is 228. The monoisotopic (exact) mass is 1940 g/mol. The van der Waals surface area contributed by atoms with Gasteiger partial charge in [-0.3, -0.25) is 81.8 Å². The lowest BCUT2D eigenvalue weighted by molar-refractivity contribution is -0.145. The number of thiocarbonyl (C=S) groups is 1. The van der Waals surface area contributed by atoms with Gasteiger partial charge in [0.15, 0.2) is 16.6 Å². The zero-order valence-electron chi connectivity index (χ0n) is 73.7. The van der Waals surface area contributed by atoms with Crippen molar-refractivity contribution in [3.63, 3.8) is 0 Å². The molecule has 0 radical (unpaired) electrons. The van der Waals surface area contributed by atoms with Gasteiger partial charge < -0.3 is 125 Å². The predicted molar refractivity (Wildman–Crippen MR) is 501 cm³/mol. The molecule has 24 N–H and O–H groups in total. The van der Waals surface area contributed by atoms with E-state index < -0.39 is 212 Å². The molecule has 728 valence electrons. The van der Waals surface area contributed by atoms with E-state index in [2.05, 4.69) is 63.5 Å². The first-order valence-corrected chi connectivity index (χ1v) is 46.0. The summed E-state index contributed by atoms with van der Waals surface area (Å²) in [7, 11) is 1.49. The molecule has 0 spiro atoms. The highest BCUT2D eigenvalue weighted by Crippen LogP contribution is 2.43. The van der Waals surface area contributed by atoms with Crippen molar-refractivity contribution < 1.29 is 127 Å². The number of phenolic OH excluding ortho intramolecular Hbond substituents is 2. The van der Waals surface area contributed by atoms with Gasteiger partial charge in [0.25, 0.3) is 0 Å². The molecule has 9 rings (SSSR count). The summed E-state index contributed by atoms with van der Waals surface area (Å²) in [5.41, 5.74) is 8.36. The number of unbranched alkanes of at least 4 members (excludes halogenated alkanes) is 2. The van der Waals surface area contributed by atoms with E-state index in [0.29, 0.717) is 50.5 Å². The highest BCUT2D eigenvalue weighted by atomic mass is 33.1. The van der Waals surface area contributed by atoms with Crippen molar-refractivity contribution in [3.8, 4) is 33.9 Å². The quantitative estimate of drug-likeness (QED) is 0.0106. The number of rotatable bonds is 44. The normalized spacial score (nSPS) is 17.6. The van der Waals surface area contributed by atoms with Gasteiger partial charge in [-0.15, -0.1) is 0 Å². The molecule has 0 saturated carbocycles. The number of benzene rings is 6. The van der Waals surface area contributed by atoms with Gasteiger partial charge >= 0.3 is 35.8 Å². The number of nitrogens with two attached hydrogens (primary N) is 1. The SMILES string of the molecule is C[C@@H](O)[C@H](NC(=O)[C@@H]1CSSC[C@H](NC(=O)[C@@H](Cc2ccccc2)NC(=O)[C@H](CCCCNC(=S)Nc2ccc(-c3c4ccc(=O)cc-4oc4cc(O)ccc34)c(C(=O)O)c2)NC(=O)CN(CCN(CCN(CC(=O)O)CC(=O)O)CC(=O)O)CC(=O)O)C(=O)N[C@@H](Cc2ccc(O)cc2)C(=O)N[C@H](Cc2c[nH]c3ccccc23)C(=O)N[C@@H](CCCCN)C(=O)N[C@@H]([C@@H](C)O)C(=O)N1)C(=O)O. The fraction of sp³-hybridized carbons (Fsp3) is 0.389. The number of aliphatic hydroxyl groups is 2. The van der Waals surface area contributed by atoms with Crippen molar-refractivity contribution in [1.29, 1.82) is 0 Å². The lowest BCUT2D eigenvalue weighted by Gasteiger charge is -2.29. The zero-order chi connectivity index (χ0) is 99.0. The molecule has 2 aliphatic heterocycles. The van der Waals surface area contributed by atoms with Crippen LogP contribution in [0, 0.1) is 0 Å². The third-order valence-corrected chi connectivity index (χ3v) is 24.4. The van der Waals surface area contributed by atoms with E-state index in [9.17, 15) is 104 Å². The number of hydrogen-bond donors (Lipinski definition) is 23. The van der Waals surface area contributed by atoms with E-state index in [-0.39, 0.29) is 129 Å². The van der Waals surface area contributed by atoms with Crippen molar-refractivity contribution in [2.75, 3.05) is 88.8 Å². The number of H-pyrrole nitrogens is 1. The molecule has 3 heterocycles. The maximum Gasteiger partial charge on any atom is 0.336 e. The number of carbonyl (C=O) groups is 15. The number of aromatic amines is 1. The van der Waals surface area contributed by atoms with Crippen molar-refractivity contribution in [1.82, 2.24) is 72.9 Å². The number of aromatic nitrogens is 1. The second-order valence-corrected chi connectivity index (χ2v) is 35.2. The Morgan fingerprint density at radius 3 is 1.81 bits per heavy atom. The minimum absolute atomic E-state index is 0.0207. The zero-order valence-corrected chi connectivity index (χ0v) is 76.2. The van der Waals surface area contributed by atoms with Gasteiger partial charge in [0.05, 0.1) is 50.5 Å². The first-order chi connectivity index (χ1) is 64.8. The van der Waals surface area contributed by atoms with Crippen molar-refractivity contribution in [2.45, 2.75) is 138 Å². The van der Waals surface area contributed by atoms with Crippen LogP contribution in [0.5, 0.6) is 11.5 Å². The number of carbonyl (C=O) groups excluding carboxylic acids is 9. The number of anilines is 1. The Morgan fingerprint density at radius 1 is 0.559 bits per heavy atom. The molecule has 43 nitrogen and oxygen atoms in total. The van der Waals surface area contributed by atoms with E-state index in [1.54, 1.807) is 66.9 Å². The fourth-order valence-electron chi connectivity index (χ4n) is 14.9. The molecule has 1 aliphatic carbocycles. The van der Waals surface area contributed by atoms with Crippen molar-refractivity contribution in [2.24, 2.45) is 5.73 Å². The number of aromatic hydroxyl groups is 2. The lowest BCUT2D eigenvalue weighted by atomic mass is 9.90. The molecule has 46 heteroatoms. The lowest BCUT2D eigenvalue weighted by Crippen LogP contribution is -2.62. The van der Waals surface area contributed by atoms with Crippen molar-refractivity contribution >= 4 is 155 Å². The van der Waals surface area contributed by atoms with Crippen LogP contribution in [0.2, 0.25) is 0 Å². The van der Waals surface area contributed by atoms with Gasteiger partial charge in [0, 0.05) is 115 Å². The van der Waals surface area contributed by atoms with Gasteiger partial charge in [-0.25, -0.2) is 9.59 Å². The number of carboxylic acid groups (broad SMARTS) is 6. The summed E-state index contributed by atoms with van der Waals surface area (Å²) in [5.74, 6) is -19.9. The average Bonchev–Trinajstić information content (AvgIpc) is 0.928. The number of phenols is 2. The Balaban J connectivity index is 1.05. The molecule has 1 fully saturated rings. The van der Waals surface area contributed by atoms with Crippen LogP contribution < -0.4 is 69.6 Å². The highest BCUT2D eigenvalue weighted by molar-refractivity contribution is 8.76. The number of fused-ring (bicyclic) bond motifs is 3. The van der Waals surface area contributed by atoms with Crippen LogP contribution in [0.1, 0.15) is 79.4 Å². The number of aliphatic carboxylic acids is 5.